The molecule has 1 aromatic heterocycles. The van der Waals surface area contributed by atoms with Crippen molar-refractivity contribution in [1.29, 1.82) is 0 Å². The molecule has 1 fully saturated rings. The van der Waals surface area contributed by atoms with E-state index in [9.17, 15) is 19.5 Å². The van der Waals surface area contributed by atoms with Crippen molar-refractivity contribution in [2.24, 2.45) is 5.16 Å². The number of oxime groups is 1. The highest BCUT2D eigenvalue weighted by atomic mass is 35.5. The van der Waals surface area contributed by atoms with Crippen LogP contribution in [0.15, 0.2) is 41.2 Å². The van der Waals surface area contributed by atoms with Gasteiger partial charge in [0.15, 0.2) is 10.9 Å². The highest BCUT2D eigenvalue weighted by Gasteiger charge is 2.53. The number of aromatic nitrogens is 2. The minimum atomic E-state index is -1.20. The third-order valence-electron chi connectivity index (χ3n) is 4.28. The van der Waals surface area contributed by atoms with E-state index in [0.29, 0.717) is 16.5 Å². The number of halogens is 1. The lowest BCUT2D eigenvalue weighted by atomic mass is 10.0. The van der Waals surface area contributed by atoms with Crippen LogP contribution in [0.3, 0.4) is 0 Å². The summed E-state index contributed by atoms with van der Waals surface area (Å²) in [6, 6.07) is 5.34. The smallest absolute Gasteiger partial charge is 0.352 e. The van der Waals surface area contributed by atoms with Gasteiger partial charge >= 0.3 is 5.97 Å². The molecule has 0 spiro atoms. The van der Waals surface area contributed by atoms with E-state index >= 15 is 0 Å². The SMILES string of the molecule is Nc1nc(C(=NOc2ccc(Cl)cc2)C(=O)NC2C(=O)N3C(C(=O)O)=CCS[C@H]23)ns1. The van der Waals surface area contributed by atoms with Gasteiger partial charge in [0.2, 0.25) is 11.5 Å². The first-order valence-corrected chi connectivity index (χ1v) is 10.8. The summed E-state index contributed by atoms with van der Waals surface area (Å²) in [6.07, 6.45) is 1.45. The van der Waals surface area contributed by atoms with E-state index in [1.54, 1.807) is 24.3 Å². The Kier molecular flexibility index (Phi) is 5.80. The number of benzene rings is 1. The monoisotopic (exact) mass is 480 g/mol. The van der Waals surface area contributed by atoms with Gasteiger partial charge in [-0.1, -0.05) is 16.8 Å². The van der Waals surface area contributed by atoms with Gasteiger partial charge in [0.1, 0.15) is 17.1 Å². The molecule has 14 heteroatoms. The van der Waals surface area contributed by atoms with Crippen molar-refractivity contribution in [3.05, 3.63) is 46.9 Å². The van der Waals surface area contributed by atoms with Crippen molar-refractivity contribution in [2.75, 3.05) is 11.5 Å². The van der Waals surface area contributed by atoms with Crippen LogP contribution in [-0.4, -0.2) is 60.0 Å². The van der Waals surface area contributed by atoms with Gasteiger partial charge in [0.25, 0.3) is 11.8 Å². The molecule has 31 heavy (non-hydrogen) atoms. The van der Waals surface area contributed by atoms with Crippen molar-refractivity contribution >= 4 is 63.5 Å². The van der Waals surface area contributed by atoms with Crippen LogP contribution in [0, 0.1) is 0 Å². The number of carboxylic acid groups (broad SMARTS) is 1. The number of fused-ring (bicyclic) bond motifs is 1. The molecule has 0 saturated carbocycles. The summed E-state index contributed by atoms with van der Waals surface area (Å²) in [5.41, 5.74) is 5.22. The van der Waals surface area contributed by atoms with Crippen LogP contribution in [0.2, 0.25) is 5.02 Å². The minimum Gasteiger partial charge on any atom is -0.477 e. The highest BCUT2D eigenvalue weighted by Crippen LogP contribution is 2.37. The van der Waals surface area contributed by atoms with E-state index in [2.05, 4.69) is 19.8 Å². The Labute approximate surface area is 188 Å². The molecule has 2 amide bonds. The maximum absolute atomic E-state index is 12.9. The Balaban J connectivity index is 1.54. The molecular formula is C17H13ClN6O5S2. The molecular weight excluding hydrogens is 468 g/mol. The Morgan fingerprint density at radius 2 is 2.10 bits per heavy atom. The quantitative estimate of drug-likeness (QED) is 0.310. The van der Waals surface area contributed by atoms with Crippen LogP contribution in [0.5, 0.6) is 5.75 Å². The van der Waals surface area contributed by atoms with Gasteiger partial charge in [-0.3, -0.25) is 14.5 Å². The van der Waals surface area contributed by atoms with Crippen LogP contribution in [0.1, 0.15) is 5.82 Å². The summed E-state index contributed by atoms with van der Waals surface area (Å²) in [5.74, 6) is -1.88. The maximum Gasteiger partial charge on any atom is 0.352 e. The van der Waals surface area contributed by atoms with E-state index in [1.165, 1.54) is 17.8 Å². The van der Waals surface area contributed by atoms with Gasteiger partial charge in [-0.15, -0.1) is 11.8 Å². The number of hydrogen-bond acceptors (Lipinski definition) is 10. The number of nitrogen functional groups attached to an aromatic ring is 1. The summed E-state index contributed by atoms with van der Waals surface area (Å²) in [4.78, 5) is 47.1. The van der Waals surface area contributed by atoms with E-state index < -0.39 is 29.2 Å². The summed E-state index contributed by atoms with van der Waals surface area (Å²) >= 11 is 8.03. The fourth-order valence-corrected chi connectivity index (χ4v) is 4.61. The molecule has 2 atom stereocenters. The van der Waals surface area contributed by atoms with Crippen LogP contribution in [0.25, 0.3) is 0 Å². The largest absolute Gasteiger partial charge is 0.477 e. The lowest BCUT2D eigenvalue weighted by molar-refractivity contribution is -0.150. The third-order valence-corrected chi connectivity index (χ3v) is 6.25. The number of aliphatic carboxylic acids is 1. The first kappa shape index (κ1) is 21.1. The average molecular weight is 481 g/mol. The zero-order valence-electron chi connectivity index (χ0n) is 15.4. The lowest BCUT2D eigenvalue weighted by Crippen LogP contribution is -2.70. The summed E-state index contributed by atoms with van der Waals surface area (Å²) < 4.78 is 3.98. The van der Waals surface area contributed by atoms with Crippen LogP contribution >= 0.6 is 34.9 Å². The number of carbonyl (C=O) groups excluding carboxylic acids is 2. The maximum atomic E-state index is 12.9. The van der Waals surface area contributed by atoms with Crippen LogP contribution < -0.4 is 15.9 Å². The topological polar surface area (TPSA) is 160 Å². The van der Waals surface area contributed by atoms with E-state index in [-0.39, 0.29) is 22.4 Å². The molecule has 0 bridgehead atoms. The molecule has 11 nitrogen and oxygen atoms in total. The summed E-state index contributed by atoms with van der Waals surface area (Å²) in [5, 5.41) is 15.7. The third kappa shape index (κ3) is 4.19. The van der Waals surface area contributed by atoms with Gasteiger partial charge in [0.05, 0.1) is 0 Å². The van der Waals surface area contributed by atoms with Crippen LogP contribution in [-0.2, 0) is 14.4 Å². The second-order valence-corrected chi connectivity index (χ2v) is 8.59. The number of carbonyl (C=O) groups is 3. The van der Waals surface area contributed by atoms with Crippen LogP contribution in [0.4, 0.5) is 5.13 Å². The lowest BCUT2D eigenvalue weighted by Gasteiger charge is -2.48. The number of anilines is 1. The molecule has 1 saturated heterocycles. The normalized spacial score (nSPS) is 20.4. The number of nitrogens with one attached hydrogen (secondary N) is 1. The van der Waals surface area contributed by atoms with Crippen molar-refractivity contribution in [3.8, 4) is 5.75 Å². The predicted octanol–water partition coefficient (Wildman–Crippen LogP) is 0.925. The van der Waals surface area contributed by atoms with Gasteiger partial charge in [-0.25, -0.2) is 4.79 Å². The number of nitrogens with two attached hydrogens (primary N) is 1. The fraction of sp³-hybridized carbons (Fsp3) is 0.176. The molecule has 1 aromatic carbocycles. The Hall–Kier alpha value is -3.16. The number of thioether (sulfide) groups is 1. The first-order chi connectivity index (χ1) is 14.8. The van der Waals surface area contributed by atoms with Gasteiger partial charge in [0, 0.05) is 22.3 Å². The number of β-lactam (4-membered cyclic amide) rings is 1. The van der Waals surface area contributed by atoms with Gasteiger partial charge < -0.3 is 21.0 Å². The van der Waals surface area contributed by atoms with Crippen molar-refractivity contribution in [2.45, 2.75) is 11.4 Å². The number of amides is 2. The number of rotatable bonds is 6. The zero-order chi connectivity index (χ0) is 22.1. The molecule has 4 N–H and O–H groups in total. The zero-order valence-corrected chi connectivity index (χ0v) is 17.8. The Morgan fingerprint density at radius 1 is 1.35 bits per heavy atom. The standard InChI is InChI=1S/C17H13ClN6O5S2/c18-7-1-3-8(4-2-7)29-22-10(12-21-17(19)31-23-12)13(25)20-11-14(26)24-9(16(27)28)5-6-30-15(11)24/h1-5,11,15H,6H2,(H,20,25)(H,27,28)(H2,19,21,23)/t11?,15-/m1/s1. The van der Waals surface area contributed by atoms with Crippen molar-refractivity contribution in [3.63, 3.8) is 0 Å². The van der Waals surface area contributed by atoms with E-state index in [0.717, 1.165) is 16.4 Å². The van der Waals surface area contributed by atoms with Crippen molar-refractivity contribution in [1.82, 2.24) is 19.6 Å². The molecule has 3 heterocycles. The summed E-state index contributed by atoms with van der Waals surface area (Å²) in [7, 11) is 0. The second kappa shape index (κ2) is 8.53. The summed E-state index contributed by atoms with van der Waals surface area (Å²) in [6.45, 7) is 0. The number of nitrogens with zero attached hydrogens (tertiary/aromatic N) is 4. The van der Waals surface area contributed by atoms with Gasteiger partial charge in [-0.2, -0.15) is 9.36 Å². The molecule has 4 rings (SSSR count). The van der Waals surface area contributed by atoms with Crippen molar-refractivity contribution < 1.29 is 24.3 Å². The fourth-order valence-electron chi connectivity index (χ4n) is 2.86. The van der Waals surface area contributed by atoms with E-state index in [4.69, 9.17) is 22.2 Å². The Bertz CT molecular complexity index is 1120. The minimum absolute atomic E-state index is 0.0694. The molecule has 2 aliphatic rings. The molecule has 1 unspecified atom stereocenters. The second-order valence-electron chi connectivity index (χ2n) is 6.22. The molecule has 0 aliphatic carbocycles. The molecule has 2 aromatic rings. The van der Waals surface area contributed by atoms with E-state index in [1.807, 2.05) is 0 Å². The average Bonchev–Trinajstić information content (AvgIpc) is 3.18. The van der Waals surface area contributed by atoms with Gasteiger partial charge in [-0.05, 0) is 30.3 Å². The molecule has 2 aliphatic heterocycles. The molecule has 0 radical (unpaired) electrons. The first-order valence-electron chi connectivity index (χ1n) is 8.64. The predicted molar refractivity (Wildman–Crippen MR) is 114 cm³/mol. The Morgan fingerprint density at radius 3 is 2.74 bits per heavy atom. The highest BCUT2D eigenvalue weighted by molar-refractivity contribution is 8.00. The number of hydrogen-bond donors (Lipinski definition) is 3. The number of carboxylic acids is 1. The molecule has 160 valence electrons.